The summed E-state index contributed by atoms with van der Waals surface area (Å²) in [4.78, 5) is 14.2. The first-order valence-electron chi connectivity index (χ1n) is 8.44. The highest BCUT2D eigenvalue weighted by atomic mass is 15.3. The summed E-state index contributed by atoms with van der Waals surface area (Å²) < 4.78 is 0. The molecular weight excluding hydrogens is 284 g/mol. The predicted molar refractivity (Wildman–Crippen MR) is 92.5 cm³/mol. The van der Waals surface area contributed by atoms with Crippen LogP contribution < -0.4 is 4.90 Å². The topological polar surface area (TPSA) is 32.3 Å². The summed E-state index contributed by atoms with van der Waals surface area (Å²) in [6.45, 7) is 7.42. The molecule has 2 aliphatic rings. The van der Waals surface area contributed by atoms with Gasteiger partial charge in [-0.1, -0.05) is 30.3 Å². The average molecular weight is 308 g/mol. The van der Waals surface area contributed by atoms with E-state index in [1.54, 1.807) is 0 Å². The van der Waals surface area contributed by atoms with E-state index in [2.05, 4.69) is 59.1 Å². The number of anilines is 1. The highest BCUT2D eigenvalue weighted by molar-refractivity contribution is 5.45. The molecule has 0 bridgehead atoms. The van der Waals surface area contributed by atoms with Crippen molar-refractivity contribution in [3.8, 4) is 0 Å². The first kappa shape index (κ1) is 14.6. The van der Waals surface area contributed by atoms with Crippen molar-refractivity contribution >= 4 is 5.82 Å². The van der Waals surface area contributed by atoms with Crippen molar-refractivity contribution in [3.63, 3.8) is 0 Å². The van der Waals surface area contributed by atoms with Crippen LogP contribution in [0.15, 0.2) is 36.5 Å². The minimum atomic E-state index is 0.518. The Morgan fingerprint density at radius 2 is 1.83 bits per heavy atom. The number of aryl methyl sites for hydroxylation is 2. The number of hydrogen-bond donors (Lipinski definition) is 0. The number of fused-ring (bicyclic) bond motifs is 1. The molecule has 2 aromatic rings. The third-order valence-corrected chi connectivity index (χ3v) is 5.39. The Labute approximate surface area is 138 Å². The Morgan fingerprint density at radius 3 is 2.61 bits per heavy atom. The van der Waals surface area contributed by atoms with E-state index >= 15 is 0 Å². The van der Waals surface area contributed by atoms with Crippen molar-refractivity contribution in [2.75, 3.05) is 31.6 Å². The van der Waals surface area contributed by atoms with Gasteiger partial charge in [-0.25, -0.2) is 4.98 Å². The molecule has 1 aromatic heterocycles. The van der Waals surface area contributed by atoms with Gasteiger partial charge in [0, 0.05) is 37.8 Å². The number of likely N-dealkylation sites (tertiary alicyclic amines) is 1. The molecule has 0 N–H and O–H groups in total. The van der Waals surface area contributed by atoms with Crippen LogP contribution in [0.25, 0.3) is 0 Å². The van der Waals surface area contributed by atoms with Crippen molar-refractivity contribution in [1.82, 2.24) is 14.9 Å². The summed E-state index contributed by atoms with van der Waals surface area (Å²) in [5, 5.41) is 0. The van der Waals surface area contributed by atoms with Crippen LogP contribution in [0.5, 0.6) is 0 Å². The molecule has 0 saturated carbocycles. The summed E-state index contributed by atoms with van der Waals surface area (Å²) in [5.41, 5.74) is 3.48. The van der Waals surface area contributed by atoms with E-state index in [1.807, 2.05) is 13.1 Å². The maximum Gasteiger partial charge on any atom is 0.150 e. The Kier molecular flexibility index (Phi) is 3.57. The van der Waals surface area contributed by atoms with Gasteiger partial charge in [0.2, 0.25) is 0 Å². The lowest BCUT2D eigenvalue weighted by Crippen LogP contribution is -2.30. The Balaban J connectivity index is 1.61. The Bertz CT molecular complexity index is 700. The van der Waals surface area contributed by atoms with Gasteiger partial charge in [0.1, 0.15) is 5.82 Å². The fourth-order valence-electron chi connectivity index (χ4n) is 4.41. The largest absolute Gasteiger partial charge is 0.354 e. The van der Waals surface area contributed by atoms with Crippen molar-refractivity contribution in [3.05, 3.63) is 53.5 Å². The second-order valence-electron chi connectivity index (χ2n) is 7.04. The van der Waals surface area contributed by atoms with Gasteiger partial charge >= 0.3 is 0 Å². The number of hydrogen-bond acceptors (Lipinski definition) is 4. The fraction of sp³-hybridized carbons (Fsp3) is 0.474. The smallest absolute Gasteiger partial charge is 0.150 e. The quantitative estimate of drug-likeness (QED) is 0.854. The molecule has 4 nitrogen and oxygen atoms in total. The zero-order chi connectivity index (χ0) is 16.0. The zero-order valence-electron chi connectivity index (χ0n) is 14.1. The molecule has 3 heterocycles. The summed E-state index contributed by atoms with van der Waals surface area (Å²) in [5.74, 6) is 2.46. The lowest BCUT2D eigenvalue weighted by atomic mass is 9.90. The maximum atomic E-state index is 4.75. The van der Waals surface area contributed by atoms with E-state index in [4.69, 9.17) is 4.98 Å². The first-order valence-corrected chi connectivity index (χ1v) is 8.44. The highest BCUT2D eigenvalue weighted by Gasteiger charge is 2.46. The van der Waals surface area contributed by atoms with Crippen LogP contribution in [0, 0.1) is 25.7 Å². The van der Waals surface area contributed by atoms with Gasteiger partial charge in [0.05, 0.1) is 11.4 Å². The van der Waals surface area contributed by atoms with E-state index in [0.29, 0.717) is 17.9 Å². The third kappa shape index (κ3) is 2.51. The van der Waals surface area contributed by atoms with Crippen molar-refractivity contribution in [2.24, 2.45) is 11.8 Å². The molecule has 0 radical (unpaired) electrons. The van der Waals surface area contributed by atoms with Crippen LogP contribution in [-0.2, 0) is 0 Å². The molecule has 4 heteroatoms. The molecule has 0 unspecified atom stereocenters. The van der Waals surface area contributed by atoms with Crippen LogP contribution in [0.2, 0.25) is 0 Å². The molecule has 23 heavy (non-hydrogen) atoms. The maximum absolute atomic E-state index is 4.75. The van der Waals surface area contributed by atoms with Gasteiger partial charge in [0.15, 0.2) is 0 Å². The van der Waals surface area contributed by atoms with Gasteiger partial charge in [-0.3, -0.25) is 9.88 Å². The Morgan fingerprint density at radius 1 is 1.04 bits per heavy atom. The van der Waals surface area contributed by atoms with Gasteiger partial charge < -0.3 is 4.90 Å². The molecular formula is C19H24N4. The minimum Gasteiger partial charge on any atom is -0.354 e. The molecule has 1 aromatic carbocycles. The number of aromatic nitrogens is 2. The first-order chi connectivity index (χ1) is 11.1. The van der Waals surface area contributed by atoms with E-state index in [1.165, 1.54) is 12.1 Å². The third-order valence-electron chi connectivity index (χ3n) is 5.39. The van der Waals surface area contributed by atoms with Gasteiger partial charge in [-0.2, -0.15) is 0 Å². The van der Waals surface area contributed by atoms with Crippen molar-refractivity contribution in [1.29, 1.82) is 0 Å². The van der Waals surface area contributed by atoms with Crippen LogP contribution >= 0.6 is 0 Å². The molecule has 0 spiro atoms. The fourth-order valence-corrected chi connectivity index (χ4v) is 4.41. The SMILES string of the molecule is Cc1cnc(C)c(N2C[C@@H]3CN(C)[C@@H](c4ccccc4)[C@@H]3C2)n1. The highest BCUT2D eigenvalue weighted by Crippen LogP contribution is 2.44. The van der Waals surface area contributed by atoms with Gasteiger partial charge in [0.25, 0.3) is 0 Å². The lowest BCUT2D eigenvalue weighted by molar-refractivity contribution is 0.279. The number of rotatable bonds is 2. The van der Waals surface area contributed by atoms with Crippen molar-refractivity contribution < 1.29 is 0 Å². The second-order valence-corrected chi connectivity index (χ2v) is 7.04. The average Bonchev–Trinajstić information content (AvgIpc) is 3.07. The summed E-state index contributed by atoms with van der Waals surface area (Å²) >= 11 is 0. The molecule has 0 aliphatic carbocycles. The van der Waals surface area contributed by atoms with Crippen LogP contribution in [0.1, 0.15) is 23.0 Å². The van der Waals surface area contributed by atoms with Gasteiger partial charge in [-0.15, -0.1) is 0 Å². The van der Waals surface area contributed by atoms with Gasteiger partial charge in [-0.05, 0) is 32.4 Å². The monoisotopic (exact) mass is 308 g/mol. The lowest BCUT2D eigenvalue weighted by Gasteiger charge is -2.27. The normalized spacial score (nSPS) is 27.4. The van der Waals surface area contributed by atoms with E-state index in [-0.39, 0.29) is 0 Å². The van der Waals surface area contributed by atoms with Crippen LogP contribution in [0.3, 0.4) is 0 Å². The standard InChI is InChI=1S/C19H24N4/c1-13-9-20-14(2)19(21-13)23-11-16-10-22(3)18(17(16)12-23)15-7-5-4-6-8-15/h4-9,16-18H,10-12H2,1-3H3/t16-,17+,18-/m0/s1. The molecule has 0 amide bonds. The zero-order valence-corrected chi connectivity index (χ0v) is 14.1. The number of benzene rings is 1. The summed E-state index contributed by atoms with van der Waals surface area (Å²) in [6, 6.07) is 11.5. The molecule has 2 fully saturated rings. The van der Waals surface area contributed by atoms with E-state index in [9.17, 15) is 0 Å². The molecule has 4 rings (SSSR count). The van der Waals surface area contributed by atoms with Crippen LogP contribution in [0.4, 0.5) is 5.82 Å². The Hall–Kier alpha value is -1.94. The minimum absolute atomic E-state index is 0.518. The van der Waals surface area contributed by atoms with E-state index < -0.39 is 0 Å². The molecule has 2 saturated heterocycles. The van der Waals surface area contributed by atoms with Crippen molar-refractivity contribution in [2.45, 2.75) is 19.9 Å². The number of nitrogens with zero attached hydrogens (tertiary/aromatic N) is 4. The summed E-state index contributed by atoms with van der Waals surface area (Å²) in [6.07, 6.45) is 1.86. The molecule has 120 valence electrons. The second kappa shape index (κ2) is 5.60. The molecule has 2 aliphatic heterocycles. The van der Waals surface area contributed by atoms with Crippen LogP contribution in [-0.4, -0.2) is 41.5 Å². The molecule has 3 atom stereocenters. The predicted octanol–water partition coefficient (Wildman–Crippen LogP) is 2.83. The summed E-state index contributed by atoms with van der Waals surface area (Å²) in [7, 11) is 2.26. The van der Waals surface area contributed by atoms with E-state index in [0.717, 1.165) is 30.3 Å².